The van der Waals surface area contributed by atoms with Crippen molar-refractivity contribution in [1.29, 1.82) is 0 Å². The molecular weight excluding hydrogens is 362 g/mol. The van der Waals surface area contributed by atoms with E-state index in [2.05, 4.69) is 18.7 Å². The van der Waals surface area contributed by atoms with Gasteiger partial charge in [0.05, 0.1) is 0 Å². The second kappa shape index (κ2) is 7.89. The maximum Gasteiger partial charge on any atom is 0.303 e. The molecule has 29 heavy (non-hydrogen) atoms. The molecule has 0 unspecified atom stereocenters. The molecule has 0 spiro atoms. The molecule has 4 fully saturated rings. The number of nitrogens with zero attached hydrogens (tertiary/aromatic N) is 1. The van der Waals surface area contributed by atoms with Crippen LogP contribution < -0.4 is 0 Å². The average Bonchev–Trinajstić information content (AvgIpc) is 3.01. The van der Waals surface area contributed by atoms with Gasteiger partial charge in [0, 0.05) is 25.9 Å². The number of piperidine rings is 1. The summed E-state index contributed by atoms with van der Waals surface area (Å²) < 4.78 is 0. The standard InChI is InChI=1S/C25H41NO3/c1-24-15-13-20-18(10-12-21-25(20,2)16-14-22(27)26(21)3)19(24)11-9-17(24)7-5-4-6-8-23(28)29/h17-21H,4-16H2,1-3H3,(H,28,29)/t17-,18-,19-,20-,21+,24+,25+/m0/s1. The van der Waals surface area contributed by atoms with Crippen LogP contribution in [0.5, 0.6) is 0 Å². The van der Waals surface area contributed by atoms with Crippen LogP contribution in [0.25, 0.3) is 0 Å². The third kappa shape index (κ3) is 3.53. The zero-order valence-electron chi connectivity index (χ0n) is 18.8. The van der Waals surface area contributed by atoms with Gasteiger partial charge >= 0.3 is 5.97 Å². The maximum atomic E-state index is 12.3. The summed E-state index contributed by atoms with van der Waals surface area (Å²) in [5.74, 6) is 3.05. The van der Waals surface area contributed by atoms with Crippen LogP contribution in [0.4, 0.5) is 0 Å². The first-order chi connectivity index (χ1) is 13.8. The second-order valence-electron chi connectivity index (χ2n) is 11.3. The van der Waals surface area contributed by atoms with Gasteiger partial charge in [0.2, 0.25) is 5.91 Å². The van der Waals surface area contributed by atoms with Crippen molar-refractivity contribution in [2.75, 3.05) is 7.05 Å². The van der Waals surface area contributed by atoms with Crippen molar-refractivity contribution in [2.45, 2.75) is 103 Å². The maximum absolute atomic E-state index is 12.3. The van der Waals surface area contributed by atoms with Gasteiger partial charge in [-0.2, -0.15) is 0 Å². The Bertz CT molecular complexity index is 648. The van der Waals surface area contributed by atoms with E-state index in [1.54, 1.807) is 0 Å². The Morgan fingerprint density at radius 3 is 2.52 bits per heavy atom. The summed E-state index contributed by atoms with van der Waals surface area (Å²) in [7, 11) is 2.05. The van der Waals surface area contributed by atoms with E-state index in [4.69, 9.17) is 5.11 Å². The average molecular weight is 404 g/mol. The molecule has 3 aliphatic carbocycles. The quantitative estimate of drug-likeness (QED) is 0.596. The van der Waals surface area contributed by atoms with Gasteiger partial charge < -0.3 is 10.0 Å². The number of aliphatic carboxylic acids is 1. The Balaban J connectivity index is 1.41. The number of fused-ring (bicyclic) bond motifs is 5. The van der Waals surface area contributed by atoms with E-state index in [1.807, 2.05) is 7.05 Å². The van der Waals surface area contributed by atoms with Gasteiger partial charge in [-0.25, -0.2) is 0 Å². The fraction of sp³-hybridized carbons (Fsp3) is 0.920. The number of amides is 1. The number of hydrogen-bond acceptors (Lipinski definition) is 2. The van der Waals surface area contributed by atoms with Crippen LogP contribution in [0.2, 0.25) is 0 Å². The number of hydrogen-bond donors (Lipinski definition) is 1. The molecule has 164 valence electrons. The molecule has 4 heteroatoms. The Hall–Kier alpha value is -1.06. The van der Waals surface area contributed by atoms with Gasteiger partial charge in [0.25, 0.3) is 0 Å². The van der Waals surface area contributed by atoms with Crippen molar-refractivity contribution < 1.29 is 14.7 Å². The number of rotatable bonds is 6. The number of carboxylic acid groups (broad SMARTS) is 1. The molecule has 4 nitrogen and oxygen atoms in total. The third-order valence-electron chi connectivity index (χ3n) is 10.2. The van der Waals surface area contributed by atoms with Crippen molar-refractivity contribution in [1.82, 2.24) is 4.90 Å². The number of unbranched alkanes of at least 4 members (excludes halogenated alkanes) is 2. The zero-order chi connectivity index (χ0) is 20.8. The molecular formula is C25H41NO3. The molecule has 1 aliphatic heterocycles. The normalized spacial score (nSPS) is 44.2. The second-order valence-corrected chi connectivity index (χ2v) is 11.3. The van der Waals surface area contributed by atoms with Crippen LogP contribution in [-0.4, -0.2) is 35.0 Å². The van der Waals surface area contributed by atoms with Crippen molar-refractivity contribution >= 4 is 11.9 Å². The molecule has 1 amide bonds. The lowest BCUT2D eigenvalue weighted by Gasteiger charge is -2.62. The van der Waals surface area contributed by atoms with E-state index >= 15 is 0 Å². The molecule has 7 atom stereocenters. The summed E-state index contributed by atoms with van der Waals surface area (Å²) in [6, 6.07) is 0.459. The summed E-state index contributed by atoms with van der Waals surface area (Å²) in [4.78, 5) is 25.1. The smallest absolute Gasteiger partial charge is 0.303 e. The van der Waals surface area contributed by atoms with E-state index in [1.165, 1.54) is 51.4 Å². The third-order valence-corrected chi connectivity index (χ3v) is 10.2. The zero-order valence-corrected chi connectivity index (χ0v) is 18.8. The first-order valence-electron chi connectivity index (χ1n) is 12.2. The van der Waals surface area contributed by atoms with Crippen LogP contribution in [0.15, 0.2) is 0 Å². The summed E-state index contributed by atoms with van der Waals surface area (Å²) in [6.45, 7) is 5.10. The highest BCUT2D eigenvalue weighted by molar-refractivity contribution is 5.77. The van der Waals surface area contributed by atoms with Crippen molar-refractivity contribution in [3.05, 3.63) is 0 Å². The van der Waals surface area contributed by atoms with Crippen LogP contribution in [0, 0.1) is 34.5 Å². The topological polar surface area (TPSA) is 57.6 Å². The minimum atomic E-state index is -0.657. The molecule has 0 aromatic carbocycles. The van der Waals surface area contributed by atoms with E-state index < -0.39 is 5.97 Å². The molecule has 0 aromatic rings. The van der Waals surface area contributed by atoms with Crippen LogP contribution in [-0.2, 0) is 9.59 Å². The van der Waals surface area contributed by atoms with Gasteiger partial charge in [-0.1, -0.05) is 26.7 Å². The van der Waals surface area contributed by atoms with E-state index in [0.717, 1.165) is 49.4 Å². The number of likely N-dealkylation sites (tertiary alicyclic amines) is 1. The summed E-state index contributed by atoms with van der Waals surface area (Å²) in [5.41, 5.74) is 0.815. The van der Waals surface area contributed by atoms with Gasteiger partial charge in [0.15, 0.2) is 0 Å². The van der Waals surface area contributed by atoms with E-state index in [9.17, 15) is 9.59 Å². The lowest BCUT2D eigenvalue weighted by molar-refractivity contribution is -0.158. The minimum absolute atomic E-state index is 0.321. The molecule has 0 bridgehead atoms. The molecule has 1 saturated heterocycles. The van der Waals surface area contributed by atoms with Crippen molar-refractivity contribution in [3.8, 4) is 0 Å². The van der Waals surface area contributed by atoms with Gasteiger partial charge in [0.1, 0.15) is 0 Å². The largest absolute Gasteiger partial charge is 0.481 e. The van der Waals surface area contributed by atoms with Crippen molar-refractivity contribution in [2.24, 2.45) is 34.5 Å². The highest BCUT2D eigenvalue weighted by Gasteiger charge is 2.60. The first-order valence-corrected chi connectivity index (χ1v) is 12.2. The minimum Gasteiger partial charge on any atom is -0.481 e. The van der Waals surface area contributed by atoms with E-state index in [0.29, 0.717) is 29.2 Å². The van der Waals surface area contributed by atoms with E-state index in [-0.39, 0.29) is 0 Å². The highest BCUT2D eigenvalue weighted by atomic mass is 16.4. The number of carboxylic acids is 1. The van der Waals surface area contributed by atoms with Gasteiger partial charge in [-0.15, -0.1) is 0 Å². The lowest BCUT2D eigenvalue weighted by atomic mass is 9.46. The Kier molecular flexibility index (Phi) is 5.76. The Morgan fingerprint density at radius 1 is 1.00 bits per heavy atom. The van der Waals surface area contributed by atoms with Crippen molar-refractivity contribution in [3.63, 3.8) is 0 Å². The summed E-state index contributed by atoms with van der Waals surface area (Å²) >= 11 is 0. The number of carbonyl (C=O) groups is 2. The number of carbonyl (C=O) groups excluding carboxylic acids is 1. The Labute approximate surface area is 176 Å². The Morgan fingerprint density at radius 2 is 1.76 bits per heavy atom. The monoisotopic (exact) mass is 403 g/mol. The predicted molar refractivity (Wildman–Crippen MR) is 114 cm³/mol. The van der Waals surface area contributed by atoms with Gasteiger partial charge in [-0.3, -0.25) is 9.59 Å². The van der Waals surface area contributed by atoms with Crippen LogP contribution in [0.3, 0.4) is 0 Å². The highest BCUT2D eigenvalue weighted by Crippen LogP contribution is 2.66. The molecule has 0 aromatic heterocycles. The van der Waals surface area contributed by atoms with Crippen LogP contribution >= 0.6 is 0 Å². The summed E-state index contributed by atoms with van der Waals surface area (Å²) in [6.07, 6.45) is 14.5. The summed E-state index contributed by atoms with van der Waals surface area (Å²) in [5, 5.41) is 8.84. The van der Waals surface area contributed by atoms with Crippen LogP contribution in [0.1, 0.15) is 97.3 Å². The molecule has 0 radical (unpaired) electrons. The predicted octanol–water partition coefficient (Wildman–Crippen LogP) is 5.50. The molecule has 4 aliphatic rings. The fourth-order valence-electron chi connectivity index (χ4n) is 8.58. The van der Waals surface area contributed by atoms with Gasteiger partial charge in [-0.05, 0) is 92.3 Å². The molecule has 1 heterocycles. The lowest BCUT2D eigenvalue weighted by Crippen LogP contribution is -2.61. The SMILES string of the molecule is CN1C(=O)CC[C@]2(C)[C@H]3CC[C@]4(C)[C@@H](CCCCCC(=O)O)CC[C@H]4[C@@H]3CC[C@@H]12. The first kappa shape index (κ1) is 21.2. The molecule has 4 rings (SSSR count). The molecule has 3 saturated carbocycles. The fourth-order valence-corrected chi connectivity index (χ4v) is 8.58. The molecule has 1 N–H and O–H groups in total.